The van der Waals surface area contributed by atoms with Crippen LogP contribution in [-0.2, 0) is 9.53 Å². The summed E-state index contributed by atoms with van der Waals surface area (Å²) in [5, 5.41) is 19.5. The molecule has 0 fully saturated rings. The molecule has 1 N–H and O–H groups in total. The molecule has 2 atom stereocenters. The minimum absolute atomic E-state index is 0.111. The van der Waals surface area contributed by atoms with Crippen molar-refractivity contribution in [3.8, 4) is 11.8 Å². The van der Waals surface area contributed by atoms with E-state index in [4.69, 9.17) is 14.7 Å². The van der Waals surface area contributed by atoms with Crippen LogP contribution >= 0.6 is 0 Å². The van der Waals surface area contributed by atoms with E-state index in [-0.39, 0.29) is 18.0 Å². The number of halogens is 2. The van der Waals surface area contributed by atoms with Gasteiger partial charge in [-0.1, -0.05) is 0 Å². The molecular formula is C17H15F2NO4. The van der Waals surface area contributed by atoms with Crippen LogP contribution in [0.4, 0.5) is 8.78 Å². The predicted molar refractivity (Wildman–Crippen MR) is 78.6 cm³/mol. The van der Waals surface area contributed by atoms with Crippen LogP contribution in [0.1, 0.15) is 30.1 Å². The topological polar surface area (TPSA) is 79.5 Å². The van der Waals surface area contributed by atoms with Crippen molar-refractivity contribution in [3.63, 3.8) is 0 Å². The number of benzene rings is 1. The standard InChI is InChI=1S/C17H15F2NO4/c18-8-17(9-19)16(22)15(23-12-3-2-11(21)6-12)13-5-10(7-20)1-4-14(13)24-17/h1,4-6,15-16,22H,2-3,8-9H2. The lowest BCUT2D eigenvalue weighted by molar-refractivity contribution is -0.151. The van der Waals surface area contributed by atoms with Crippen LogP contribution in [0.25, 0.3) is 0 Å². The monoisotopic (exact) mass is 335 g/mol. The molecule has 0 saturated heterocycles. The molecule has 1 aliphatic carbocycles. The lowest BCUT2D eigenvalue weighted by atomic mass is 9.86. The molecular weight excluding hydrogens is 320 g/mol. The van der Waals surface area contributed by atoms with E-state index in [9.17, 15) is 18.7 Å². The van der Waals surface area contributed by atoms with Crippen molar-refractivity contribution in [2.75, 3.05) is 13.3 Å². The summed E-state index contributed by atoms with van der Waals surface area (Å²) in [6.45, 7) is -2.50. The van der Waals surface area contributed by atoms with Crippen LogP contribution in [0.2, 0.25) is 0 Å². The summed E-state index contributed by atoms with van der Waals surface area (Å²) >= 11 is 0. The van der Waals surface area contributed by atoms with Crippen molar-refractivity contribution >= 4 is 5.78 Å². The quantitative estimate of drug-likeness (QED) is 0.913. The van der Waals surface area contributed by atoms with Gasteiger partial charge in [0.05, 0.1) is 11.6 Å². The van der Waals surface area contributed by atoms with Gasteiger partial charge in [0.1, 0.15) is 31.0 Å². The fraction of sp³-hybridized carbons (Fsp3) is 0.412. The Morgan fingerprint density at radius 1 is 1.38 bits per heavy atom. The minimum atomic E-state index is -2.07. The van der Waals surface area contributed by atoms with Gasteiger partial charge in [-0.2, -0.15) is 5.26 Å². The molecule has 5 nitrogen and oxygen atoms in total. The van der Waals surface area contributed by atoms with E-state index in [1.165, 1.54) is 24.3 Å². The Morgan fingerprint density at radius 3 is 2.71 bits per heavy atom. The van der Waals surface area contributed by atoms with Gasteiger partial charge in [-0.3, -0.25) is 4.79 Å². The summed E-state index contributed by atoms with van der Waals surface area (Å²) < 4.78 is 38.0. The number of allylic oxidation sites excluding steroid dienone is 2. The molecule has 7 heteroatoms. The molecule has 0 aromatic heterocycles. The summed E-state index contributed by atoms with van der Waals surface area (Å²) in [5.41, 5.74) is -1.46. The van der Waals surface area contributed by atoms with Gasteiger partial charge in [0.2, 0.25) is 0 Å². The number of rotatable bonds is 4. The zero-order chi connectivity index (χ0) is 17.3. The van der Waals surface area contributed by atoms with Crippen LogP contribution in [0, 0.1) is 11.3 Å². The van der Waals surface area contributed by atoms with E-state index in [2.05, 4.69) is 0 Å². The van der Waals surface area contributed by atoms with Gasteiger partial charge in [-0.25, -0.2) is 8.78 Å². The number of alkyl halides is 2. The average molecular weight is 335 g/mol. The Labute approximate surface area is 137 Å². The second kappa shape index (κ2) is 6.21. The summed E-state index contributed by atoms with van der Waals surface area (Å²) in [4.78, 5) is 11.4. The second-order valence-electron chi connectivity index (χ2n) is 5.86. The number of fused-ring (bicyclic) bond motifs is 1. The van der Waals surface area contributed by atoms with Crippen molar-refractivity contribution in [2.24, 2.45) is 0 Å². The summed E-state index contributed by atoms with van der Waals surface area (Å²) in [6, 6.07) is 6.27. The van der Waals surface area contributed by atoms with Gasteiger partial charge in [0.15, 0.2) is 17.5 Å². The molecule has 0 amide bonds. The third-order valence-corrected chi connectivity index (χ3v) is 4.25. The molecule has 0 saturated carbocycles. The van der Waals surface area contributed by atoms with E-state index in [0.29, 0.717) is 23.3 Å². The fourth-order valence-electron chi connectivity index (χ4n) is 2.86. The van der Waals surface area contributed by atoms with E-state index in [1.54, 1.807) is 0 Å². The molecule has 2 unspecified atom stereocenters. The number of carbonyl (C=O) groups is 1. The van der Waals surface area contributed by atoms with Gasteiger partial charge in [-0.15, -0.1) is 0 Å². The largest absolute Gasteiger partial charge is 0.487 e. The lowest BCUT2D eigenvalue weighted by Gasteiger charge is -2.43. The highest BCUT2D eigenvalue weighted by Crippen LogP contribution is 2.44. The van der Waals surface area contributed by atoms with Crippen molar-refractivity contribution in [2.45, 2.75) is 30.7 Å². The smallest absolute Gasteiger partial charge is 0.195 e. The Hall–Kier alpha value is -2.46. The number of hydrogen-bond acceptors (Lipinski definition) is 5. The first-order chi connectivity index (χ1) is 11.5. The molecule has 1 aromatic rings. The van der Waals surface area contributed by atoms with Gasteiger partial charge >= 0.3 is 0 Å². The first-order valence-corrected chi connectivity index (χ1v) is 7.46. The molecule has 126 valence electrons. The Balaban J connectivity index is 2.05. The first kappa shape index (κ1) is 16.4. The van der Waals surface area contributed by atoms with Gasteiger partial charge in [0.25, 0.3) is 0 Å². The summed E-state index contributed by atoms with van der Waals surface area (Å²) in [7, 11) is 0. The number of nitrogens with zero attached hydrogens (tertiary/aromatic N) is 1. The van der Waals surface area contributed by atoms with Crippen LogP contribution in [-0.4, -0.2) is 35.9 Å². The summed E-state index contributed by atoms with van der Waals surface area (Å²) in [6.07, 6.45) is -0.815. The van der Waals surface area contributed by atoms with Gasteiger partial charge < -0.3 is 14.6 Å². The van der Waals surface area contributed by atoms with Crippen molar-refractivity contribution in [1.29, 1.82) is 5.26 Å². The zero-order valence-electron chi connectivity index (χ0n) is 12.7. The molecule has 0 spiro atoms. The molecule has 1 heterocycles. The maximum Gasteiger partial charge on any atom is 0.195 e. The van der Waals surface area contributed by atoms with Crippen LogP contribution in [0.3, 0.4) is 0 Å². The Kier molecular flexibility index (Phi) is 4.24. The first-order valence-electron chi connectivity index (χ1n) is 7.46. The summed E-state index contributed by atoms with van der Waals surface area (Å²) in [5.74, 6) is 0.371. The number of aliphatic hydroxyl groups excluding tert-OH is 1. The van der Waals surface area contributed by atoms with Crippen LogP contribution < -0.4 is 4.74 Å². The third kappa shape index (κ3) is 2.63. The number of nitriles is 1. The molecule has 1 aromatic carbocycles. The van der Waals surface area contributed by atoms with E-state index < -0.39 is 31.2 Å². The highest BCUT2D eigenvalue weighted by atomic mass is 19.1. The second-order valence-corrected chi connectivity index (χ2v) is 5.86. The van der Waals surface area contributed by atoms with E-state index in [1.807, 2.05) is 6.07 Å². The maximum absolute atomic E-state index is 13.5. The SMILES string of the molecule is N#Cc1ccc2c(c1)C(OC1=CC(=O)CC1)C(O)C(CF)(CF)O2. The zero-order valence-corrected chi connectivity index (χ0v) is 12.7. The lowest BCUT2D eigenvalue weighted by Crippen LogP contribution is -2.57. The number of carbonyl (C=O) groups excluding carboxylic acids is 1. The number of aliphatic hydroxyl groups is 1. The van der Waals surface area contributed by atoms with Crippen molar-refractivity contribution < 1.29 is 28.2 Å². The number of hydrogen-bond donors (Lipinski definition) is 1. The van der Waals surface area contributed by atoms with Gasteiger partial charge in [0, 0.05) is 24.5 Å². The normalized spacial score (nSPS) is 24.6. The fourth-order valence-corrected chi connectivity index (χ4v) is 2.86. The average Bonchev–Trinajstić information content (AvgIpc) is 3.02. The molecule has 3 rings (SSSR count). The molecule has 1 aliphatic heterocycles. The molecule has 24 heavy (non-hydrogen) atoms. The van der Waals surface area contributed by atoms with E-state index in [0.717, 1.165) is 0 Å². The Bertz CT molecular complexity index is 737. The van der Waals surface area contributed by atoms with Crippen molar-refractivity contribution in [1.82, 2.24) is 0 Å². The van der Waals surface area contributed by atoms with Crippen LogP contribution in [0.15, 0.2) is 30.0 Å². The van der Waals surface area contributed by atoms with Crippen molar-refractivity contribution in [3.05, 3.63) is 41.2 Å². The third-order valence-electron chi connectivity index (χ3n) is 4.25. The van der Waals surface area contributed by atoms with E-state index >= 15 is 0 Å². The number of ether oxygens (including phenoxy) is 2. The molecule has 2 aliphatic rings. The molecule has 0 radical (unpaired) electrons. The highest BCUT2D eigenvalue weighted by Gasteiger charge is 2.51. The minimum Gasteiger partial charge on any atom is -0.487 e. The maximum atomic E-state index is 13.5. The number of ketones is 1. The molecule has 0 bridgehead atoms. The Morgan fingerprint density at radius 2 is 2.12 bits per heavy atom. The van der Waals surface area contributed by atoms with Crippen LogP contribution in [0.5, 0.6) is 5.75 Å². The predicted octanol–water partition coefficient (Wildman–Crippen LogP) is 2.29. The van der Waals surface area contributed by atoms with Gasteiger partial charge in [-0.05, 0) is 18.2 Å². The highest BCUT2D eigenvalue weighted by molar-refractivity contribution is 5.92.